The summed E-state index contributed by atoms with van der Waals surface area (Å²) in [5, 5.41) is 5.98. The quantitative estimate of drug-likeness (QED) is 0.306. The lowest BCUT2D eigenvalue weighted by atomic mass is 9.99. The van der Waals surface area contributed by atoms with Crippen LogP contribution in [0.2, 0.25) is 0 Å². The number of amides is 4. The second-order valence-electron chi connectivity index (χ2n) is 9.34. The molecule has 17 heteroatoms. The summed E-state index contributed by atoms with van der Waals surface area (Å²) >= 11 is 0. The Morgan fingerprint density at radius 1 is 0.651 bits per heavy atom. The van der Waals surface area contributed by atoms with Crippen molar-refractivity contribution in [2.24, 2.45) is 0 Å². The monoisotopic (exact) mass is 622 g/mol. The van der Waals surface area contributed by atoms with Gasteiger partial charge < -0.3 is 29.6 Å². The van der Waals surface area contributed by atoms with Gasteiger partial charge in [0.25, 0.3) is 23.6 Å². The average molecular weight is 623 g/mol. The minimum atomic E-state index is -4.98. The van der Waals surface area contributed by atoms with Crippen molar-refractivity contribution < 1.29 is 55.1 Å². The highest BCUT2D eigenvalue weighted by atomic mass is 32.3. The molecule has 43 heavy (non-hydrogen) atoms. The van der Waals surface area contributed by atoms with Gasteiger partial charge in [-0.05, 0) is 38.1 Å². The second-order valence-corrected chi connectivity index (χ2v) is 10.5. The first kappa shape index (κ1) is 31.3. The second kappa shape index (κ2) is 12.3. The van der Waals surface area contributed by atoms with Crippen molar-refractivity contribution in [3.05, 3.63) is 47.5 Å². The smallest absolute Gasteiger partial charge is 0.442 e. The molecule has 2 aromatic carbocycles. The van der Waals surface area contributed by atoms with Crippen LogP contribution < -0.4 is 29.6 Å². The Kier molecular flexibility index (Phi) is 8.98. The number of ether oxygens (including phenoxy) is 4. The van der Waals surface area contributed by atoms with E-state index in [2.05, 4.69) is 10.6 Å². The van der Waals surface area contributed by atoms with Gasteiger partial charge in [-0.25, -0.2) is 0 Å². The number of carbonyl (C=O) groups excluding carboxylic acids is 4. The lowest BCUT2D eigenvalue weighted by Crippen LogP contribution is -2.71. The van der Waals surface area contributed by atoms with Gasteiger partial charge in [0, 0.05) is 0 Å². The highest BCUT2D eigenvalue weighted by molar-refractivity contribution is 7.81. The van der Waals surface area contributed by atoms with Crippen molar-refractivity contribution in [3.63, 3.8) is 0 Å². The zero-order valence-corrected chi connectivity index (χ0v) is 24.8. The first-order valence-corrected chi connectivity index (χ1v) is 14.1. The topological polar surface area (TPSA) is 188 Å². The highest BCUT2D eigenvalue weighted by Crippen LogP contribution is 2.32. The van der Waals surface area contributed by atoms with Crippen LogP contribution in [0.1, 0.15) is 34.6 Å². The van der Waals surface area contributed by atoms with E-state index in [-0.39, 0.29) is 34.1 Å². The maximum Gasteiger partial charge on any atom is 0.442 e. The van der Waals surface area contributed by atoms with Crippen LogP contribution in [0.5, 0.6) is 23.0 Å². The fourth-order valence-electron chi connectivity index (χ4n) is 4.56. The first-order chi connectivity index (χ1) is 20.4. The molecular weight excluding hydrogens is 592 g/mol. The van der Waals surface area contributed by atoms with E-state index in [9.17, 15) is 27.6 Å². The van der Waals surface area contributed by atoms with Crippen LogP contribution in [0.3, 0.4) is 0 Å². The largest absolute Gasteiger partial charge is 0.496 e. The van der Waals surface area contributed by atoms with E-state index in [1.54, 1.807) is 12.1 Å². The van der Waals surface area contributed by atoms with Crippen molar-refractivity contribution in [3.8, 4) is 23.0 Å². The molecule has 0 aromatic heterocycles. The molecule has 232 valence electrons. The van der Waals surface area contributed by atoms with Gasteiger partial charge in [-0.2, -0.15) is 18.5 Å². The molecule has 16 nitrogen and oxygen atoms in total. The molecule has 2 aliphatic heterocycles. The van der Waals surface area contributed by atoms with E-state index in [0.29, 0.717) is 10.1 Å². The van der Waals surface area contributed by atoms with E-state index < -0.39 is 58.2 Å². The Balaban J connectivity index is 1.35. The lowest BCUT2D eigenvalue weighted by Gasteiger charge is -2.44. The number of methoxy groups -OCH3 is 4. The van der Waals surface area contributed by atoms with Gasteiger partial charge in [-0.1, -0.05) is 12.1 Å². The van der Waals surface area contributed by atoms with Crippen LogP contribution in [0.15, 0.2) is 36.4 Å². The van der Waals surface area contributed by atoms with Crippen LogP contribution in [-0.2, 0) is 28.6 Å². The average Bonchev–Trinajstić information content (AvgIpc) is 3.02. The highest BCUT2D eigenvalue weighted by Gasteiger charge is 2.53. The fourth-order valence-corrected chi connectivity index (χ4v) is 5.39. The minimum absolute atomic E-state index is 0.0407. The number of benzene rings is 2. The van der Waals surface area contributed by atoms with Crippen LogP contribution in [0.25, 0.3) is 0 Å². The molecule has 4 atom stereocenters. The summed E-state index contributed by atoms with van der Waals surface area (Å²) in [5.41, 5.74) is 0.0813. The van der Waals surface area contributed by atoms with Crippen molar-refractivity contribution in [1.82, 2.24) is 20.8 Å². The van der Waals surface area contributed by atoms with Crippen molar-refractivity contribution in [1.29, 1.82) is 0 Å². The Labute approximate surface area is 246 Å². The zero-order valence-electron chi connectivity index (χ0n) is 24.0. The standard InChI is InChI=1S/C26H30N4O12S/c1-13-21(27-23(31)19-15(37-3)9-7-10-16(19)38-4)25(33)29(13)41-43(35,36)42-30-14(2)22(26(30)34)28-24(32)20-17(39-5)11-8-12-18(20)40-6/h7-14,21-22H,1-6H3,(H,27,31)(H,28,32)/t13-,14-,21-,22-/m0/s1. The van der Waals surface area contributed by atoms with E-state index >= 15 is 0 Å². The lowest BCUT2D eigenvalue weighted by molar-refractivity contribution is -0.213. The summed E-state index contributed by atoms with van der Waals surface area (Å²) in [7, 11) is 0.467. The third-order valence-electron chi connectivity index (χ3n) is 6.90. The normalized spacial score (nSPS) is 21.3. The molecule has 0 spiro atoms. The number of hydrogen-bond donors (Lipinski definition) is 2. The summed E-state index contributed by atoms with van der Waals surface area (Å²) in [6.45, 7) is 2.85. The van der Waals surface area contributed by atoms with E-state index in [4.69, 9.17) is 27.5 Å². The first-order valence-electron chi connectivity index (χ1n) is 12.7. The van der Waals surface area contributed by atoms with Crippen LogP contribution >= 0.6 is 0 Å². The Morgan fingerprint density at radius 2 is 0.953 bits per heavy atom. The van der Waals surface area contributed by atoms with Crippen LogP contribution in [-0.4, -0.2) is 94.8 Å². The summed E-state index contributed by atoms with van der Waals surface area (Å²) in [6, 6.07) is 5.19. The molecule has 2 fully saturated rings. The molecule has 4 rings (SSSR count). The van der Waals surface area contributed by atoms with Gasteiger partial charge in [0.1, 0.15) is 46.2 Å². The molecule has 0 aliphatic carbocycles. The van der Waals surface area contributed by atoms with Crippen molar-refractivity contribution in [2.45, 2.75) is 38.0 Å². The number of rotatable bonds is 12. The summed E-state index contributed by atoms with van der Waals surface area (Å²) in [5.74, 6) is -2.37. The minimum Gasteiger partial charge on any atom is -0.496 e. The number of nitrogens with one attached hydrogen (secondary N) is 2. The number of β-lactam (4-membered cyclic amide) rings is 2. The number of carbonyl (C=O) groups is 4. The summed E-state index contributed by atoms with van der Waals surface area (Å²) in [4.78, 5) is 51.2. The van der Waals surface area contributed by atoms with Gasteiger partial charge in [0.05, 0.1) is 40.5 Å². The molecule has 2 aliphatic rings. The van der Waals surface area contributed by atoms with Gasteiger partial charge in [0.2, 0.25) is 0 Å². The van der Waals surface area contributed by atoms with Crippen LogP contribution in [0.4, 0.5) is 0 Å². The molecule has 2 N–H and O–H groups in total. The van der Waals surface area contributed by atoms with Crippen LogP contribution in [0, 0.1) is 0 Å². The molecule has 4 amide bonds. The van der Waals surface area contributed by atoms with Crippen molar-refractivity contribution in [2.75, 3.05) is 28.4 Å². The third-order valence-corrected chi connectivity index (χ3v) is 7.58. The van der Waals surface area contributed by atoms with E-state index in [1.165, 1.54) is 66.6 Å². The fraction of sp³-hybridized carbons (Fsp3) is 0.385. The molecular formula is C26H30N4O12S. The maximum atomic E-state index is 12.9. The molecule has 2 aromatic rings. The third kappa shape index (κ3) is 5.86. The maximum absolute atomic E-state index is 12.9. The SMILES string of the molecule is COc1cccc(OC)c1C(=O)N[C@@H]1C(=O)N(OS(=O)(=O)ON2C(=O)[C@@H](NC(=O)c3c(OC)cccc3OC)[C@@H]2C)[C@H]1C. The number of hydrogen-bond acceptors (Lipinski definition) is 12. The Morgan fingerprint density at radius 3 is 1.21 bits per heavy atom. The van der Waals surface area contributed by atoms with Crippen molar-refractivity contribution >= 4 is 34.0 Å². The molecule has 0 bridgehead atoms. The predicted octanol–water partition coefficient (Wildman–Crippen LogP) is 0.187. The molecule has 0 radical (unpaired) electrons. The molecule has 2 heterocycles. The van der Waals surface area contributed by atoms with E-state index in [1.807, 2.05) is 0 Å². The van der Waals surface area contributed by atoms with Gasteiger partial charge >= 0.3 is 10.4 Å². The van der Waals surface area contributed by atoms with E-state index in [0.717, 1.165) is 0 Å². The Bertz CT molecular complexity index is 1400. The van der Waals surface area contributed by atoms with Gasteiger partial charge in [0.15, 0.2) is 0 Å². The van der Waals surface area contributed by atoms with Gasteiger partial charge in [-0.3, -0.25) is 19.2 Å². The predicted molar refractivity (Wildman–Crippen MR) is 145 cm³/mol. The van der Waals surface area contributed by atoms with Gasteiger partial charge in [-0.15, -0.1) is 8.57 Å². The summed E-state index contributed by atoms with van der Waals surface area (Å²) < 4.78 is 55.5. The summed E-state index contributed by atoms with van der Waals surface area (Å²) in [6.07, 6.45) is 0. The number of hydroxylamine groups is 4. The zero-order chi connectivity index (χ0) is 31.6. The molecule has 0 unspecified atom stereocenters. The molecule has 2 saturated heterocycles. The Hall–Kier alpha value is -4.61. The number of nitrogens with zero attached hydrogens (tertiary/aromatic N) is 2. The molecule has 0 saturated carbocycles.